The highest BCUT2D eigenvalue weighted by atomic mass is 16.5. The van der Waals surface area contributed by atoms with Gasteiger partial charge < -0.3 is 14.8 Å². The van der Waals surface area contributed by atoms with Crippen LogP contribution in [0.4, 0.5) is 0 Å². The molecule has 3 heteroatoms. The minimum atomic E-state index is -0.346. The van der Waals surface area contributed by atoms with Crippen LogP contribution < -0.4 is 5.32 Å². The molecule has 2 rings (SSSR count). The van der Waals surface area contributed by atoms with Crippen molar-refractivity contribution in [3.63, 3.8) is 0 Å². The Morgan fingerprint density at radius 3 is 2.53 bits per heavy atom. The number of hydrogen-bond acceptors (Lipinski definition) is 3. The molecule has 1 aliphatic heterocycles. The maximum atomic E-state index is 6.09. The van der Waals surface area contributed by atoms with Gasteiger partial charge in [0, 0.05) is 6.61 Å². The van der Waals surface area contributed by atoms with Crippen LogP contribution in [0.2, 0.25) is 0 Å². The van der Waals surface area contributed by atoms with E-state index in [2.05, 4.69) is 36.5 Å². The first kappa shape index (κ1) is 14.5. The molecule has 0 unspecified atom stereocenters. The zero-order valence-electron chi connectivity index (χ0n) is 12.0. The van der Waals surface area contributed by atoms with Crippen molar-refractivity contribution < 1.29 is 9.47 Å². The number of piperidine rings is 1. The van der Waals surface area contributed by atoms with Crippen LogP contribution in [0.15, 0.2) is 30.3 Å². The predicted octanol–water partition coefficient (Wildman–Crippen LogP) is 2.71. The Hall–Kier alpha value is -0.900. The fourth-order valence-electron chi connectivity index (χ4n) is 2.56. The predicted molar refractivity (Wildman–Crippen MR) is 77.3 cm³/mol. The van der Waals surface area contributed by atoms with Crippen LogP contribution >= 0.6 is 0 Å². The molecular weight excluding hydrogens is 238 g/mol. The van der Waals surface area contributed by atoms with Gasteiger partial charge in [0.05, 0.1) is 12.7 Å². The Bertz CT molecular complexity index is 362. The van der Waals surface area contributed by atoms with E-state index in [1.54, 1.807) is 0 Å². The van der Waals surface area contributed by atoms with E-state index in [0.717, 1.165) is 25.9 Å². The molecule has 1 atom stereocenters. The Labute approximate surface area is 116 Å². The summed E-state index contributed by atoms with van der Waals surface area (Å²) in [6, 6.07) is 10.4. The third-order valence-electron chi connectivity index (χ3n) is 3.73. The van der Waals surface area contributed by atoms with E-state index in [9.17, 15) is 0 Å². The molecule has 1 aromatic carbocycles. The molecule has 1 heterocycles. The largest absolute Gasteiger partial charge is 0.375 e. The van der Waals surface area contributed by atoms with Crippen LogP contribution in [-0.2, 0) is 15.1 Å². The molecule has 0 bridgehead atoms. The van der Waals surface area contributed by atoms with E-state index in [1.807, 2.05) is 13.0 Å². The minimum absolute atomic E-state index is 0.346. The van der Waals surface area contributed by atoms with Crippen molar-refractivity contribution in [3.05, 3.63) is 35.9 Å². The van der Waals surface area contributed by atoms with Crippen molar-refractivity contribution in [1.29, 1.82) is 0 Å². The molecule has 0 aliphatic carbocycles. The van der Waals surface area contributed by atoms with Crippen LogP contribution in [0.5, 0.6) is 0 Å². The smallest absolute Gasteiger partial charge is 0.114 e. The molecule has 0 radical (unpaired) electrons. The zero-order chi connectivity index (χ0) is 13.6. The summed E-state index contributed by atoms with van der Waals surface area (Å²) in [5.41, 5.74) is 0.840. The monoisotopic (exact) mass is 263 g/mol. The van der Waals surface area contributed by atoms with Gasteiger partial charge in [0.2, 0.25) is 0 Å². The average molecular weight is 263 g/mol. The lowest BCUT2D eigenvalue weighted by Crippen LogP contribution is -2.38. The summed E-state index contributed by atoms with van der Waals surface area (Å²) in [6.07, 6.45) is 2.55. The van der Waals surface area contributed by atoms with Crippen molar-refractivity contribution in [3.8, 4) is 0 Å². The van der Waals surface area contributed by atoms with E-state index in [0.29, 0.717) is 19.3 Å². The normalized spacial score (nSPS) is 20.1. The van der Waals surface area contributed by atoms with Gasteiger partial charge in [-0.2, -0.15) is 0 Å². The molecule has 3 nitrogen and oxygen atoms in total. The van der Waals surface area contributed by atoms with Crippen LogP contribution in [0.25, 0.3) is 0 Å². The SMILES string of the molecule is CCO[C@](C)(COC1CCNCC1)c1ccccc1. The van der Waals surface area contributed by atoms with E-state index >= 15 is 0 Å². The molecule has 1 N–H and O–H groups in total. The van der Waals surface area contributed by atoms with Gasteiger partial charge >= 0.3 is 0 Å². The molecule has 19 heavy (non-hydrogen) atoms. The van der Waals surface area contributed by atoms with Gasteiger partial charge in [-0.25, -0.2) is 0 Å². The van der Waals surface area contributed by atoms with Gasteiger partial charge in [-0.15, -0.1) is 0 Å². The second-order valence-corrected chi connectivity index (χ2v) is 5.29. The standard InChI is InChI=1S/C16H25NO2/c1-3-19-16(2,14-7-5-4-6-8-14)13-18-15-9-11-17-12-10-15/h4-8,15,17H,3,9-13H2,1-2H3/t16-/m1/s1. The Morgan fingerprint density at radius 2 is 1.89 bits per heavy atom. The van der Waals surface area contributed by atoms with E-state index in [1.165, 1.54) is 5.56 Å². The van der Waals surface area contributed by atoms with Gasteiger partial charge in [-0.05, 0) is 45.3 Å². The molecule has 1 fully saturated rings. The average Bonchev–Trinajstić information content (AvgIpc) is 2.48. The molecular formula is C16H25NO2. The summed E-state index contributed by atoms with van der Waals surface area (Å²) in [5.74, 6) is 0. The Morgan fingerprint density at radius 1 is 1.21 bits per heavy atom. The quantitative estimate of drug-likeness (QED) is 0.856. The summed E-state index contributed by atoms with van der Waals surface area (Å²) in [6.45, 7) is 7.58. The molecule has 0 amide bonds. The molecule has 1 aliphatic rings. The molecule has 1 aromatic rings. The fraction of sp³-hybridized carbons (Fsp3) is 0.625. The highest BCUT2D eigenvalue weighted by molar-refractivity contribution is 5.22. The number of rotatable bonds is 6. The van der Waals surface area contributed by atoms with Gasteiger partial charge in [0.15, 0.2) is 0 Å². The van der Waals surface area contributed by atoms with Crippen molar-refractivity contribution in [2.24, 2.45) is 0 Å². The van der Waals surface area contributed by atoms with Crippen molar-refractivity contribution in [2.45, 2.75) is 38.4 Å². The number of nitrogens with one attached hydrogen (secondary N) is 1. The minimum Gasteiger partial charge on any atom is -0.375 e. The maximum Gasteiger partial charge on any atom is 0.114 e. The fourth-order valence-corrected chi connectivity index (χ4v) is 2.56. The first-order chi connectivity index (χ1) is 9.24. The number of hydrogen-bond donors (Lipinski definition) is 1. The summed E-state index contributed by atoms with van der Waals surface area (Å²) < 4.78 is 12.1. The van der Waals surface area contributed by atoms with Crippen LogP contribution in [0, 0.1) is 0 Å². The van der Waals surface area contributed by atoms with E-state index in [4.69, 9.17) is 9.47 Å². The third-order valence-corrected chi connectivity index (χ3v) is 3.73. The lowest BCUT2D eigenvalue weighted by atomic mass is 9.96. The van der Waals surface area contributed by atoms with Crippen molar-refractivity contribution >= 4 is 0 Å². The first-order valence-corrected chi connectivity index (χ1v) is 7.26. The van der Waals surface area contributed by atoms with Crippen LogP contribution in [0.3, 0.4) is 0 Å². The third kappa shape index (κ3) is 4.03. The summed E-state index contributed by atoms with van der Waals surface area (Å²) in [5, 5.41) is 3.36. The first-order valence-electron chi connectivity index (χ1n) is 7.26. The van der Waals surface area contributed by atoms with Crippen molar-refractivity contribution in [1.82, 2.24) is 5.32 Å². The van der Waals surface area contributed by atoms with Crippen LogP contribution in [-0.4, -0.2) is 32.4 Å². The summed E-state index contributed by atoms with van der Waals surface area (Å²) in [7, 11) is 0. The molecule has 0 saturated carbocycles. The second kappa shape index (κ2) is 7.04. The maximum absolute atomic E-state index is 6.09. The Balaban J connectivity index is 1.98. The summed E-state index contributed by atoms with van der Waals surface area (Å²) >= 11 is 0. The van der Waals surface area contributed by atoms with Gasteiger partial charge in [-0.3, -0.25) is 0 Å². The molecule has 1 saturated heterocycles. The van der Waals surface area contributed by atoms with Gasteiger partial charge in [0.1, 0.15) is 5.60 Å². The topological polar surface area (TPSA) is 30.5 Å². The van der Waals surface area contributed by atoms with E-state index < -0.39 is 0 Å². The number of ether oxygens (including phenoxy) is 2. The lowest BCUT2D eigenvalue weighted by Gasteiger charge is -2.33. The van der Waals surface area contributed by atoms with E-state index in [-0.39, 0.29) is 5.60 Å². The zero-order valence-corrected chi connectivity index (χ0v) is 12.0. The van der Waals surface area contributed by atoms with Gasteiger partial charge in [0.25, 0.3) is 0 Å². The highest BCUT2D eigenvalue weighted by Crippen LogP contribution is 2.26. The lowest BCUT2D eigenvalue weighted by molar-refractivity contribution is -0.110. The van der Waals surface area contributed by atoms with Crippen molar-refractivity contribution in [2.75, 3.05) is 26.3 Å². The summed E-state index contributed by atoms with van der Waals surface area (Å²) in [4.78, 5) is 0. The second-order valence-electron chi connectivity index (χ2n) is 5.29. The molecule has 0 spiro atoms. The Kier molecular flexibility index (Phi) is 5.37. The highest BCUT2D eigenvalue weighted by Gasteiger charge is 2.29. The number of benzene rings is 1. The van der Waals surface area contributed by atoms with Gasteiger partial charge in [-0.1, -0.05) is 30.3 Å². The van der Waals surface area contributed by atoms with Crippen LogP contribution in [0.1, 0.15) is 32.3 Å². The molecule has 106 valence electrons. The molecule has 0 aromatic heterocycles.